The molecule has 21 heavy (non-hydrogen) atoms. The lowest BCUT2D eigenvalue weighted by Gasteiger charge is -2.23. The number of benzene rings is 1. The summed E-state index contributed by atoms with van der Waals surface area (Å²) in [5, 5.41) is 9.11. The first kappa shape index (κ1) is 15.4. The van der Waals surface area contributed by atoms with E-state index >= 15 is 0 Å². The van der Waals surface area contributed by atoms with Crippen molar-refractivity contribution in [1.82, 2.24) is 4.90 Å². The van der Waals surface area contributed by atoms with Crippen LogP contribution in [0.4, 0.5) is 8.78 Å². The van der Waals surface area contributed by atoms with Gasteiger partial charge >= 0.3 is 5.97 Å². The number of rotatable bonds is 4. The molecule has 1 amide bonds. The van der Waals surface area contributed by atoms with Crippen LogP contribution in [0.15, 0.2) is 18.2 Å². The number of hydrogen-bond acceptors (Lipinski definition) is 2. The first-order valence-electron chi connectivity index (χ1n) is 6.82. The molecule has 2 unspecified atom stereocenters. The highest BCUT2D eigenvalue weighted by Gasteiger charge is 2.38. The molecule has 0 bridgehead atoms. The largest absolute Gasteiger partial charge is 0.481 e. The van der Waals surface area contributed by atoms with Gasteiger partial charge in [-0.3, -0.25) is 9.59 Å². The topological polar surface area (TPSA) is 57.6 Å². The number of halogens is 2. The van der Waals surface area contributed by atoms with E-state index in [0.717, 1.165) is 12.1 Å². The SMILES string of the molecule is CN(Cc1ccc(F)c(F)c1)C(=O)C1CCCC1C(=O)O. The predicted molar refractivity (Wildman–Crippen MR) is 71.3 cm³/mol. The standard InChI is InChI=1S/C15H17F2NO3/c1-18(8-9-5-6-12(16)13(17)7-9)14(19)10-3-2-4-11(10)15(20)21/h5-7,10-11H,2-4,8H2,1H3,(H,20,21). The molecule has 6 heteroatoms. The van der Waals surface area contributed by atoms with Gasteiger partial charge in [0.15, 0.2) is 11.6 Å². The number of carboxylic acid groups (broad SMARTS) is 1. The van der Waals surface area contributed by atoms with Gasteiger partial charge in [0.05, 0.1) is 11.8 Å². The molecule has 0 aliphatic heterocycles. The summed E-state index contributed by atoms with van der Waals surface area (Å²) in [6.45, 7) is 0.124. The average molecular weight is 297 g/mol. The third kappa shape index (κ3) is 3.37. The molecule has 1 aliphatic rings. The summed E-state index contributed by atoms with van der Waals surface area (Å²) in [7, 11) is 1.54. The number of amides is 1. The second-order valence-corrected chi connectivity index (χ2v) is 5.42. The van der Waals surface area contributed by atoms with Crippen LogP contribution < -0.4 is 0 Å². The van der Waals surface area contributed by atoms with Crippen molar-refractivity contribution in [1.29, 1.82) is 0 Å². The molecule has 0 saturated heterocycles. The van der Waals surface area contributed by atoms with Crippen molar-refractivity contribution in [2.45, 2.75) is 25.8 Å². The molecule has 0 heterocycles. The van der Waals surface area contributed by atoms with Crippen LogP contribution in [0, 0.1) is 23.5 Å². The van der Waals surface area contributed by atoms with Crippen LogP contribution in [0.1, 0.15) is 24.8 Å². The Morgan fingerprint density at radius 3 is 2.52 bits per heavy atom. The second kappa shape index (κ2) is 6.20. The minimum atomic E-state index is -0.961. The van der Waals surface area contributed by atoms with E-state index in [9.17, 15) is 18.4 Å². The molecule has 0 radical (unpaired) electrons. The first-order valence-corrected chi connectivity index (χ1v) is 6.82. The molecule has 1 N–H and O–H groups in total. The fourth-order valence-electron chi connectivity index (χ4n) is 2.82. The highest BCUT2D eigenvalue weighted by Crippen LogP contribution is 2.33. The van der Waals surface area contributed by atoms with Crippen molar-refractivity contribution >= 4 is 11.9 Å². The summed E-state index contributed by atoms with van der Waals surface area (Å²) in [5.41, 5.74) is 0.467. The fraction of sp³-hybridized carbons (Fsp3) is 0.467. The number of aliphatic carboxylic acids is 1. The Balaban J connectivity index is 2.05. The molecule has 114 valence electrons. The molecular formula is C15H17F2NO3. The lowest BCUT2D eigenvalue weighted by Crippen LogP contribution is -2.36. The van der Waals surface area contributed by atoms with Gasteiger partial charge in [-0.05, 0) is 30.5 Å². The average Bonchev–Trinajstić information content (AvgIpc) is 2.91. The summed E-state index contributed by atoms with van der Waals surface area (Å²) < 4.78 is 26.0. The lowest BCUT2D eigenvalue weighted by atomic mass is 9.95. The van der Waals surface area contributed by atoms with Gasteiger partial charge in [-0.25, -0.2) is 8.78 Å². The molecule has 0 aromatic heterocycles. The normalized spacial score (nSPS) is 21.3. The van der Waals surface area contributed by atoms with Crippen LogP contribution in [-0.4, -0.2) is 28.9 Å². The summed E-state index contributed by atoms with van der Waals surface area (Å²) >= 11 is 0. The maximum atomic E-state index is 13.1. The highest BCUT2D eigenvalue weighted by atomic mass is 19.2. The van der Waals surface area contributed by atoms with Crippen molar-refractivity contribution in [2.75, 3.05) is 7.05 Å². The van der Waals surface area contributed by atoms with Crippen molar-refractivity contribution in [3.05, 3.63) is 35.4 Å². The maximum Gasteiger partial charge on any atom is 0.307 e. The highest BCUT2D eigenvalue weighted by molar-refractivity contribution is 5.85. The molecule has 1 aromatic carbocycles. The van der Waals surface area contributed by atoms with E-state index in [4.69, 9.17) is 5.11 Å². The Morgan fingerprint density at radius 1 is 1.24 bits per heavy atom. The summed E-state index contributed by atoms with van der Waals surface area (Å²) in [6.07, 6.45) is 1.77. The smallest absolute Gasteiger partial charge is 0.307 e. The molecular weight excluding hydrogens is 280 g/mol. The summed E-state index contributed by atoms with van der Waals surface area (Å²) in [4.78, 5) is 24.8. The van der Waals surface area contributed by atoms with Crippen molar-refractivity contribution in [2.24, 2.45) is 11.8 Å². The Kier molecular flexibility index (Phi) is 4.55. The van der Waals surface area contributed by atoms with E-state index in [2.05, 4.69) is 0 Å². The molecule has 1 aliphatic carbocycles. The van der Waals surface area contributed by atoms with Gasteiger partial charge in [0.1, 0.15) is 0 Å². The molecule has 1 saturated carbocycles. The van der Waals surface area contributed by atoms with E-state index in [1.54, 1.807) is 7.05 Å². The Labute approximate surface area is 121 Å². The Hall–Kier alpha value is -1.98. The van der Waals surface area contributed by atoms with Crippen molar-refractivity contribution in [3.63, 3.8) is 0 Å². The van der Waals surface area contributed by atoms with E-state index in [1.165, 1.54) is 11.0 Å². The van der Waals surface area contributed by atoms with Gasteiger partial charge in [0.25, 0.3) is 0 Å². The van der Waals surface area contributed by atoms with Crippen LogP contribution in [0.2, 0.25) is 0 Å². The number of carboxylic acids is 1. The summed E-state index contributed by atoms with van der Waals surface area (Å²) in [6, 6.07) is 3.46. The Bertz CT molecular complexity index is 562. The number of nitrogens with zero attached hydrogens (tertiary/aromatic N) is 1. The molecule has 1 aromatic rings. The van der Waals surface area contributed by atoms with E-state index in [0.29, 0.717) is 24.8 Å². The number of carbonyl (C=O) groups excluding carboxylic acids is 1. The third-order valence-electron chi connectivity index (χ3n) is 3.93. The first-order chi connectivity index (χ1) is 9.90. The molecule has 0 spiro atoms. The zero-order chi connectivity index (χ0) is 15.6. The van der Waals surface area contributed by atoms with Crippen molar-refractivity contribution < 1.29 is 23.5 Å². The minimum absolute atomic E-state index is 0.124. The Morgan fingerprint density at radius 2 is 1.90 bits per heavy atom. The van der Waals surface area contributed by atoms with E-state index in [1.807, 2.05) is 0 Å². The van der Waals surface area contributed by atoms with Gasteiger partial charge in [-0.15, -0.1) is 0 Å². The zero-order valence-corrected chi connectivity index (χ0v) is 11.7. The van der Waals surface area contributed by atoms with Crippen LogP contribution in [-0.2, 0) is 16.1 Å². The monoisotopic (exact) mass is 297 g/mol. The van der Waals surface area contributed by atoms with Crippen LogP contribution in [0.3, 0.4) is 0 Å². The van der Waals surface area contributed by atoms with E-state index in [-0.39, 0.29) is 12.5 Å². The summed E-state index contributed by atoms with van der Waals surface area (Å²) in [5.74, 6) is -4.29. The lowest BCUT2D eigenvalue weighted by molar-refractivity contribution is -0.148. The van der Waals surface area contributed by atoms with Crippen LogP contribution in [0.5, 0.6) is 0 Å². The van der Waals surface area contributed by atoms with Crippen LogP contribution in [0.25, 0.3) is 0 Å². The maximum absolute atomic E-state index is 13.1. The molecule has 2 rings (SSSR count). The quantitative estimate of drug-likeness (QED) is 0.928. The van der Waals surface area contributed by atoms with Gasteiger partial charge in [-0.1, -0.05) is 12.5 Å². The van der Waals surface area contributed by atoms with Crippen molar-refractivity contribution in [3.8, 4) is 0 Å². The van der Waals surface area contributed by atoms with Crippen LogP contribution >= 0.6 is 0 Å². The van der Waals surface area contributed by atoms with Gasteiger partial charge in [0.2, 0.25) is 5.91 Å². The third-order valence-corrected chi connectivity index (χ3v) is 3.93. The number of carbonyl (C=O) groups is 2. The molecule has 1 fully saturated rings. The number of hydrogen-bond donors (Lipinski definition) is 1. The minimum Gasteiger partial charge on any atom is -0.481 e. The molecule has 2 atom stereocenters. The molecule has 4 nitrogen and oxygen atoms in total. The second-order valence-electron chi connectivity index (χ2n) is 5.42. The van der Waals surface area contributed by atoms with E-state index < -0.39 is 29.4 Å². The fourth-order valence-corrected chi connectivity index (χ4v) is 2.82. The van der Waals surface area contributed by atoms with Gasteiger partial charge in [-0.2, -0.15) is 0 Å². The predicted octanol–water partition coefficient (Wildman–Crippen LogP) is 2.42. The van der Waals surface area contributed by atoms with Gasteiger partial charge in [0, 0.05) is 13.6 Å². The van der Waals surface area contributed by atoms with Gasteiger partial charge < -0.3 is 10.0 Å². The zero-order valence-electron chi connectivity index (χ0n) is 11.7.